The van der Waals surface area contributed by atoms with Gasteiger partial charge in [-0.05, 0) is 41.7 Å². The molecule has 0 bridgehead atoms. The topological polar surface area (TPSA) is 12.0 Å². The van der Waals surface area contributed by atoms with Crippen molar-refractivity contribution in [2.75, 3.05) is 0 Å². The molecule has 1 nitrogen and oxygen atoms in total. The molecule has 1 aliphatic heterocycles. The third-order valence-corrected chi connectivity index (χ3v) is 4.07. The van der Waals surface area contributed by atoms with Crippen molar-refractivity contribution in [2.24, 2.45) is 0 Å². The summed E-state index contributed by atoms with van der Waals surface area (Å²) in [6, 6.07) is 14.2. The molecule has 0 aliphatic carbocycles. The first-order valence-electron chi connectivity index (χ1n) is 6.46. The number of benzene rings is 2. The maximum Gasteiger partial charge on any atom is 0.127 e. The van der Waals surface area contributed by atoms with Crippen LogP contribution in [0.3, 0.4) is 0 Å². The molecule has 1 aliphatic rings. The molecule has 3 rings (SSSR count). The SMILES string of the molecule is Fc1cc(Br)cc2c1CC(Cc1ccccc1)NC2. The highest BCUT2D eigenvalue weighted by atomic mass is 79.9. The fourth-order valence-corrected chi connectivity index (χ4v) is 3.14. The van der Waals surface area contributed by atoms with Crippen molar-refractivity contribution in [2.45, 2.75) is 25.4 Å². The maximum absolute atomic E-state index is 14.0. The van der Waals surface area contributed by atoms with Crippen LogP contribution >= 0.6 is 15.9 Å². The fourth-order valence-electron chi connectivity index (χ4n) is 2.66. The second-order valence-corrected chi connectivity index (χ2v) is 5.91. The molecule has 1 atom stereocenters. The predicted molar refractivity (Wildman–Crippen MR) is 78.6 cm³/mol. The van der Waals surface area contributed by atoms with Crippen molar-refractivity contribution >= 4 is 15.9 Å². The normalized spacial score (nSPS) is 18.1. The summed E-state index contributed by atoms with van der Waals surface area (Å²) in [7, 11) is 0. The summed E-state index contributed by atoms with van der Waals surface area (Å²) < 4.78 is 14.8. The first-order valence-corrected chi connectivity index (χ1v) is 7.26. The smallest absolute Gasteiger partial charge is 0.127 e. The van der Waals surface area contributed by atoms with Gasteiger partial charge in [-0.15, -0.1) is 0 Å². The van der Waals surface area contributed by atoms with Crippen LogP contribution in [0.4, 0.5) is 4.39 Å². The van der Waals surface area contributed by atoms with Gasteiger partial charge in [0.15, 0.2) is 0 Å². The van der Waals surface area contributed by atoms with Gasteiger partial charge in [0.25, 0.3) is 0 Å². The van der Waals surface area contributed by atoms with Crippen LogP contribution in [-0.4, -0.2) is 6.04 Å². The minimum Gasteiger partial charge on any atom is -0.309 e. The molecule has 19 heavy (non-hydrogen) atoms. The van der Waals surface area contributed by atoms with Crippen LogP contribution in [0.2, 0.25) is 0 Å². The average molecular weight is 320 g/mol. The molecule has 0 saturated heterocycles. The van der Waals surface area contributed by atoms with E-state index in [4.69, 9.17) is 0 Å². The Hall–Kier alpha value is -1.19. The van der Waals surface area contributed by atoms with Gasteiger partial charge in [0, 0.05) is 17.1 Å². The Kier molecular flexibility index (Phi) is 3.67. The number of hydrogen-bond donors (Lipinski definition) is 1. The Morgan fingerprint density at radius 1 is 1.21 bits per heavy atom. The van der Waals surface area contributed by atoms with Crippen LogP contribution in [0, 0.1) is 5.82 Å². The molecule has 3 heteroatoms. The summed E-state index contributed by atoms with van der Waals surface area (Å²) in [4.78, 5) is 0. The minimum atomic E-state index is -0.0936. The molecule has 1 N–H and O–H groups in total. The molecule has 2 aromatic carbocycles. The summed E-state index contributed by atoms with van der Waals surface area (Å²) in [6.07, 6.45) is 1.69. The van der Waals surface area contributed by atoms with E-state index in [2.05, 4.69) is 33.4 Å². The minimum absolute atomic E-state index is 0.0936. The van der Waals surface area contributed by atoms with Gasteiger partial charge in [-0.3, -0.25) is 0 Å². The first kappa shape index (κ1) is 12.8. The highest BCUT2D eigenvalue weighted by molar-refractivity contribution is 9.10. The third-order valence-electron chi connectivity index (χ3n) is 3.61. The summed E-state index contributed by atoms with van der Waals surface area (Å²) in [5.74, 6) is -0.0936. The molecule has 0 aromatic heterocycles. The van der Waals surface area contributed by atoms with Gasteiger partial charge in [0.05, 0.1) is 0 Å². The molecule has 0 radical (unpaired) electrons. The third kappa shape index (κ3) is 2.88. The summed E-state index contributed by atoms with van der Waals surface area (Å²) in [5.41, 5.74) is 3.22. The fraction of sp³-hybridized carbons (Fsp3) is 0.250. The number of rotatable bonds is 2. The Morgan fingerprint density at radius 2 is 2.00 bits per heavy atom. The molecular weight excluding hydrogens is 305 g/mol. The Bertz CT molecular complexity index is 583. The molecule has 0 spiro atoms. The Balaban J connectivity index is 1.79. The molecule has 0 saturated carbocycles. The van der Waals surface area contributed by atoms with Crippen molar-refractivity contribution in [3.63, 3.8) is 0 Å². The van der Waals surface area contributed by atoms with E-state index < -0.39 is 0 Å². The standard InChI is InChI=1S/C16H15BrFN/c17-13-7-12-10-19-14(9-15(12)16(18)8-13)6-11-4-2-1-3-5-11/h1-5,7-8,14,19H,6,9-10H2. The molecule has 98 valence electrons. The van der Waals surface area contributed by atoms with Gasteiger partial charge in [-0.25, -0.2) is 4.39 Å². The van der Waals surface area contributed by atoms with Crippen LogP contribution < -0.4 is 5.32 Å². The van der Waals surface area contributed by atoms with Crippen molar-refractivity contribution in [3.05, 3.63) is 69.4 Å². The molecular formula is C16H15BrFN. The van der Waals surface area contributed by atoms with E-state index in [1.165, 1.54) is 5.56 Å². The quantitative estimate of drug-likeness (QED) is 0.886. The van der Waals surface area contributed by atoms with E-state index in [1.54, 1.807) is 6.07 Å². The molecule has 1 heterocycles. The van der Waals surface area contributed by atoms with Crippen molar-refractivity contribution in [1.29, 1.82) is 0 Å². The number of fused-ring (bicyclic) bond motifs is 1. The summed E-state index contributed by atoms with van der Waals surface area (Å²) in [6.45, 7) is 0.739. The van der Waals surface area contributed by atoms with Crippen LogP contribution in [0.5, 0.6) is 0 Å². The van der Waals surface area contributed by atoms with E-state index in [9.17, 15) is 4.39 Å². The number of nitrogens with one attached hydrogen (secondary N) is 1. The monoisotopic (exact) mass is 319 g/mol. The van der Waals surface area contributed by atoms with Gasteiger partial charge in [0.2, 0.25) is 0 Å². The lowest BCUT2D eigenvalue weighted by Crippen LogP contribution is -2.37. The largest absolute Gasteiger partial charge is 0.309 e. The van der Waals surface area contributed by atoms with Gasteiger partial charge < -0.3 is 5.32 Å². The van der Waals surface area contributed by atoms with Gasteiger partial charge >= 0.3 is 0 Å². The number of halogens is 2. The number of hydrogen-bond acceptors (Lipinski definition) is 1. The van der Waals surface area contributed by atoms with E-state index in [1.807, 2.05) is 24.3 Å². The molecule has 0 fully saturated rings. The molecule has 1 unspecified atom stereocenters. The van der Waals surface area contributed by atoms with Crippen LogP contribution in [0.1, 0.15) is 16.7 Å². The maximum atomic E-state index is 14.0. The Morgan fingerprint density at radius 3 is 2.79 bits per heavy atom. The van der Waals surface area contributed by atoms with Gasteiger partial charge in [-0.1, -0.05) is 46.3 Å². The zero-order valence-electron chi connectivity index (χ0n) is 10.5. The highest BCUT2D eigenvalue weighted by Crippen LogP contribution is 2.25. The van der Waals surface area contributed by atoms with Crippen LogP contribution in [0.25, 0.3) is 0 Å². The van der Waals surface area contributed by atoms with Gasteiger partial charge in [-0.2, -0.15) is 0 Å². The second-order valence-electron chi connectivity index (χ2n) is 5.00. The zero-order valence-corrected chi connectivity index (χ0v) is 12.1. The lowest BCUT2D eigenvalue weighted by molar-refractivity contribution is 0.459. The van der Waals surface area contributed by atoms with Crippen molar-refractivity contribution in [3.8, 4) is 0 Å². The summed E-state index contributed by atoms with van der Waals surface area (Å²) in [5, 5.41) is 3.49. The predicted octanol–water partition coefficient (Wildman–Crippen LogP) is 3.85. The molecule has 2 aromatic rings. The van der Waals surface area contributed by atoms with E-state index >= 15 is 0 Å². The average Bonchev–Trinajstić information content (AvgIpc) is 2.40. The Labute approximate surface area is 121 Å². The lowest BCUT2D eigenvalue weighted by atomic mass is 9.92. The summed E-state index contributed by atoms with van der Waals surface area (Å²) >= 11 is 3.34. The zero-order chi connectivity index (χ0) is 13.2. The van der Waals surface area contributed by atoms with Crippen molar-refractivity contribution in [1.82, 2.24) is 5.32 Å². The molecule has 0 amide bonds. The van der Waals surface area contributed by atoms with Crippen LogP contribution in [0.15, 0.2) is 46.9 Å². The van der Waals surface area contributed by atoms with E-state index in [0.29, 0.717) is 6.04 Å². The van der Waals surface area contributed by atoms with E-state index in [0.717, 1.165) is 35.0 Å². The lowest BCUT2D eigenvalue weighted by Gasteiger charge is -2.27. The van der Waals surface area contributed by atoms with E-state index in [-0.39, 0.29) is 5.82 Å². The van der Waals surface area contributed by atoms with Gasteiger partial charge in [0.1, 0.15) is 5.82 Å². The first-order chi connectivity index (χ1) is 9.22. The highest BCUT2D eigenvalue weighted by Gasteiger charge is 2.21. The van der Waals surface area contributed by atoms with Crippen LogP contribution in [-0.2, 0) is 19.4 Å². The van der Waals surface area contributed by atoms with Crippen molar-refractivity contribution < 1.29 is 4.39 Å². The second kappa shape index (κ2) is 5.43.